The zero-order valence-electron chi connectivity index (χ0n) is 12.4. The Hall–Kier alpha value is -1.86. The van der Waals surface area contributed by atoms with Gasteiger partial charge in [-0.25, -0.2) is 0 Å². The Bertz CT molecular complexity index is 631. The van der Waals surface area contributed by atoms with Gasteiger partial charge in [-0.15, -0.1) is 5.10 Å². The highest BCUT2D eigenvalue weighted by Gasteiger charge is 2.28. The number of aromatic nitrogens is 3. The monoisotopic (exact) mass is 318 g/mol. The topological polar surface area (TPSA) is 68.2 Å². The maximum atomic E-state index is 12.7. The van der Waals surface area contributed by atoms with Gasteiger partial charge in [0.1, 0.15) is 11.0 Å². The number of morpholine rings is 1. The van der Waals surface area contributed by atoms with Gasteiger partial charge in [0, 0.05) is 18.9 Å². The van der Waals surface area contributed by atoms with Crippen molar-refractivity contribution in [3.8, 4) is 0 Å². The molecule has 1 fully saturated rings. The van der Waals surface area contributed by atoms with E-state index in [2.05, 4.69) is 21.5 Å². The van der Waals surface area contributed by atoms with Gasteiger partial charge >= 0.3 is 0 Å². The summed E-state index contributed by atoms with van der Waals surface area (Å²) in [5.74, 6) is 0.0146. The molecule has 3 rings (SSSR count). The zero-order valence-corrected chi connectivity index (χ0v) is 13.3. The number of pyridine rings is 1. The molecule has 1 amide bonds. The van der Waals surface area contributed by atoms with E-state index < -0.39 is 0 Å². The Labute approximate surface area is 133 Å². The molecule has 3 heterocycles. The van der Waals surface area contributed by atoms with E-state index >= 15 is 0 Å². The third-order valence-electron chi connectivity index (χ3n) is 3.67. The van der Waals surface area contributed by atoms with Crippen molar-refractivity contribution >= 4 is 17.4 Å². The molecule has 0 bridgehead atoms. The predicted octanol–water partition coefficient (Wildman–Crippen LogP) is 2.10. The summed E-state index contributed by atoms with van der Waals surface area (Å²) < 4.78 is 9.73. The van der Waals surface area contributed by atoms with Gasteiger partial charge in [-0.3, -0.25) is 9.78 Å². The van der Waals surface area contributed by atoms with Crippen molar-refractivity contribution in [1.29, 1.82) is 0 Å². The van der Waals surface area contributed by atoms with Crippen LogP contribution in [0.5, 0.6) is 0 Å². The molecule has 22 heavy (non-hydrogen) atoms. The van der Waals surface area contributed by atoms with Crippen LogP contribution in [0.25, 0.3) is 0 Å². The van der Waals surface area contributed by atoms with Crippen LogP contribution in [-0.4, -0.2) is 45.1 Å². The second-order valence-corrected chi connectivity index (χ2v) is 5.94. The van der Waals surface area contributed by atoms with E-state index in [1.807, 2.05) is 17.0 Å². The summed E-state index contributed by atoms with van der Waals surface area (Å²) in [7, 11) is 0. The average Bonchev–Trinajstić information content (AvgIpc) is 3.04. The maximum absolute atomic E-state index is 12.7. The molecular weight excluding hydrogens is 300 g/mol. The van der Waals surface area contributed by atoms with E-state index in [9.17, 15) is 4.79 Å². The highest BCUT2D eigenvalue weighted by Crippen LogP contribution is 2.24. The first-order valence-electron chi connectivity index (χ1n) is 7.41. The third-order valence-corrected chi connectivity index (χ3v) is 4.42. The largest absolute Gasteiger partial charge is 0.370 e. The van der Waals surface area contributed by atoms with E-state index in [0.717, 1.165) is 24.1 Å². The van der Waals surface area contributed by atoms with Crippen molar-refractivity contribution in [3.05, 3.63) is 40.7 Å². The van der Waals surface area contributed by atoms with Crippen LogP contribution in [0.4, 0.5) is 0 Å². The molecule has 1 aliphatic rings. The summed E-state index contributed by atoms with van der Waals surface area (Å²) in [6.07, 6.45) is 5.12. The second kappa shape index (κ2) is 6.93. The van der Waals surface area contributed by atoms with E-state index in [0.29, 0.717) is 24.6 Å². The zero-order chi connectivity index (χ0) is 15.4. The molecule has 1 saturated heterocycles. The normalized spacial score (nSPS) is 18.4. The van der Waals surface area contributed by atoms with Crippen LogP contribution in [-0.2, 0) is 11.2 Å². The van der Waals surface area contributed by atoms with Gasteiger partial charge in [0.15, 0.2) is 0 Å². The molecule has 2 aromatic heterocycles. The fraction of sp³-hybridized carbons (Fsp3) is 0.467. The van der Waals surface area contributed by atoms with Crippen molar-refractivity contribution in [2.45, 2.75) is 25.9 Å². The lowest BCUT2D eigenvalue weighted by Crippen LogP contribution is -2.42. The lowest BCUT2D eigenvalue weighted by molar-refractivity contribution is -0.0227. The lowest BCUT2D eigenvalue weighted by Gasteiger charge is -2.32. The number of nitrogens with zero attached hydrogens (tertiary/aromatic N) is 4. The summed E-state index contributed by atoms with van der Waals surface area (Å²) in [5.41, 5.74) is 1.85. The highest BCUT2D eigenvalue weighted by atomic mass is 32.1. The van der Waals surface area contributed by atoms with E-state index in [4.69, 9.17) is 4.74 Å². The summed E-state index contributed by atoms with van der Waals surface area (Å²) >= 11 is 1.19. The molecule has 0 N–H and O–H groups in total. The number of rotatable bonds is 4. The van der Waals surface area contributed by atoms with Crippen molar-refractivity contribution in [2.75, 3.05) is 19.7 Å². The number of amides is 1. The SMILES string of the molecule is CCCc1nnsc1C(=O)N1CCO[C@H](c2ccncc2)C1. The minimum absolute atomic E-state index is 0.0146. The lowest BCUT2D eigenvalue weighted by atomic mass is 10.1. The molecule has 6 nitrogen and oxygen atoms in total. The molecule has 0 unspecified atom stereocenters. The third kappa shape index (κ3) is 3.15. The minimum atomic E-state index is -0.101. The first kappa shape index (κ1) is 15.1. The number of aryl methyl sites for hydroxylation is 1. The minimum Gasteiger partial charge on any atom is -0.370 e. The van der Waals surface area contributed by atoms with Crippen molar-refractivity contribution < 1.29 is 9.53 Å². The first-order chi connectivity index (χ1) is 10.8. The molecule has 0 radical (unpaired) electrons. The molecule has 116 valence electrons. The van der Waals surface area contributed by atoms with Crippen molar-refractivity contribution in [1.82, 2.24) is 19.5 Å². The van der Waals surface area contributed by atoms with Gasteiger partial charge < -0.3 is 9.64 Å². The van der Waals surface area contributed by atoms with Crippen LogP contribution in [0.1, 0.15) is 40.4 Å². The Morgan fingerprint density at radius 1 is 1.45 bits per heavy atom. The van der Waals surface area contributed by atoms with Gasteiger partial charge in [0.05, 0.1) is 18.8 Å². The number of hydrogen-bond acceptors (Lipinski definition) is 6. The summed E-state index contributed by atoms with van der Waals surface area (Å²) in [5, 5.41) is 4.08. The molecule has 1 aliphatic heterocycles. The van der Waals surface area contributed by atoms with Crippen LogP contribution in [0.2, 0.25) is 0 Å². The van der Waals surface area contributed by atoms with Gasteiger partial charge in [-0.1, -0.05) is 17.8 Å². The van der Waals surface area contributed by atoms with E-state index in [-0.39, 0.29) is 12.0 Å². The number of ether oxygens (including phenoxy) is 1. The molecule has 1 atom stereocenters. The molecule has 2 aromatic rings. The summed E-state index contributed by atoms with van der Waals surface area (Å²) in [4.78, 5) is 19.2. The summed E-state index contributed by atoms with van der Waals surface area (Å²) in [6, 6.07) is 3.85. The van der Waals surface area contributed by atoms with Crippen molar-refractivity contribution in [2.24, 2.45) is 0 Å². The van der Waals surface area contributed by atoms with Gasteiger partial charge in [0.2, 0.25) is 0 Å². The Kier molecular flexibility index (Phi) is 4.74. The fourth-order valence-corrected chi connectivity index (χ4v) is 3.21. The first-order valence-corrected chi connectivity index (χ1v) is 8.19. The molecule has 0 spiro atoms. The molecule has 0 saturated carbocycles. The standard InChI is InChI=1S/C15H18N4O2S/c1-2-3-12-14(22-18-17-12)15(20)19-8-9-21-13(10-19)11-4-6-16-7-5-11/h4-7,13H,2-3,8-10H2,1H3/t13-/m0/s1. The van der Waals surface area contributed by atoms with Crippen molar-refractivity contribution in [3.63, 3.8) is 0 Å². The van der Waals surface area contributed by atoms with Crippen LogP contribution in [0.3, 0.4) is 0 Å². The fourth-order valence-electron chi connectivity index (χ4n) is 2.53. The molecule has 0 aromatic carbocycles. The van der Waals surface area contributed by atoms with Gasteiger partial charge in [-0.2, -0.15) is 0 Å². The van der Waals surface area contributed by atoms with Gasteiger partial charge in [-0.05, 0) is 35.6 Å². The highest BCUT2D eigenvalue weighted by molar-refractivity contribution is 7.08. The summed E-state index contributed by atoms with van der Waals surface area (Å²) in [6.45, 7) is 3.76. The van der Waals surface area contributed by atoms with Gasteiger partial charge in [0.25, 0.3) is 5.91 Å². The van der Waals surface area contributed by atoms with E-state index in [1.165, 1.54) is 11.5 Å². The van der Waals surface area contributed by atoms with Crippen LogP contribution >= 0.6 is 11.5 Å². The average molecular weight is 318 g/mol. The Morgan fingerprint density at radius 2 is 2.27 bits per heavy atom. The quantitative estimate of drug-likeness (QED) is 0.863. The van der Waals surface area contributed by atoms with Crippen LogP contribution in [0.15, 0.2) is 24.5 Å². The smallest absolute Gasteiger partial charge is 0.267 e. The molecule has 0 aliphatic carbocycles. The number of hydrogen-bond donors (Lipinski definition) is 0. The maximum Gasteiger partial charge on any atom is 0.267 e. The Morgan fingerprint density at radius 3 is 3.05 bits per heavy atom. The number of carbonyl (C=O) groups is 1. The predicted molar refractivity (Wildman–Crippen MR) is 82.7 cm³/mol. The molecular formula is C15H18N4O2S. The molecule has 7 heteroatoms. The van der Waals surface area contributed by atoms with E-state index in [1.54, 1.807) is 12.4 Å². The van der Waals surface area contributed by atoms with Crippen LogP contribution in [0, 0.1) is 0 Å². The van der Waals surface area contributed by atoms with Crippen LogP contribution < -0.4 is 0 Å². The number of carbonyl (C=O) groups excluding carboxylic acids is 1. The second-order valence-electron chi connectivity index (χ2n) is 5.19. The Balaban J connectivity index is 1.74.